The quantitative estimate of drug-likeness (QED) is 0.836. The van der Waals surface area contributed by atoms with Gasteiger partial charge in [-0.3, -0.25) is 9.69 Å². The lowest BCUT2D eigenvalue weighted by Crippen LogP contribution is -2.47. The standard InChI is InChI=1S/C13H19FN2O2/c1-13(2,9-17)16(3)8-12(18)15-11-6-4-5-10(14)7-11/h4-7,17H,8-9H2,1-3H3,(H,15,18). The van der Waals surface area contributed by atoms with E-state index in [-0.39, 0.29) is 19.1 Å². The third-order valence-electron chi connectivity index (χ3n) is 2.91. The first-order valence-corrected chi connectivity index (χ1v) is 5.72. The normalized spacial score (nSPS) is 11.7. The van der Waals surface area contributed by atoms with E-state index in [0.29, 0.717) is 5.69 Å². The molecular formula is C13H19FN2O2. The van der Waals surface area contributed by atoms with Crippen LogP contribution in [0, 0.1) is 5.82 Å². The maximum absolute atomic E-state index is 12.9. The third-order valence-corrected chi connectivity index (χ3v) is 2.91. The molecule has 0 aliphatic heterocycles. The van der Waals surface area contributed by atoms with Gasteiger partial charge in [0.25, 0.3) is 0 Å². The van der Waals surface area contributed by atoms with Crippen LogP contribution in [0.2, 0.25) is 0 Å². The summed E-state index contributed by atoms with van der Waals surface area (Å²) >= 11 is 0. The minimum Gasteiger partial charge on any atom is -0.394 e. The predicted molar refractivity (Wildman–Crippen MR) is 68.8 cm³/mol. The van der Waals surface area contributed by atoms with Gasteiger partial charge in [0.15, 0.2) is 0 Å². The number of aliphatic hydroxyl groups excluding tert-OH is 1. The van der Waals surface area contributed by atoms with Gasteiger partial charge in [-0.1, -0.05) is 6.07 Å². The third kappa shape index (κ3) is 4.09. The Kier molecular flexibility index (Phi) is 4.81. The summed E-state index contributed by atoms with van der Waals surface area (Å²) in [6.07, 6.45) is 0. The van der Waals surface area contributed by atoms with E-state index in [1.54, 1.807) is 18.0 Å². The molecule has 100 valence electrons. The minimum atomic E-state index is -0.473. The average molecular weight is 254 g/mol. The zero-order valence-corrected chi connectivity index (χ0v) is 10.9. The first-order valence-electron chi connectivity index (χ1n) is 5.72. The number of aliphatic hydroxyl groups is 1. The number of carbonyl (C=O) groups excluding carboxylic acids is 1. The van der Waals surface area contributed by atoms with Crippen molar-refractivity contribution in [2.45, 2.75) is 19.4 Å². The molecule has 0 spiro atoms. The summed E-state index contributed by atoms with van der Waals surface area (Å²) < 4.78 is 12.9. The lowest BCUT2D eigenvalue weighted by atomic mass is 10.1. The molecule has 1 aromatic carbocycles. The average Bonchev–Trinajstić information content (AvgIpc) is 2.28. The van der Waals surface area contributed by atoms with Gasteiger partial charge in [0, 0.05) is 11.2 Å². The summed E-state index contributed by atoms with van der Waals surface area (Å²) in [4.78, 5) is 13.5. The largest absolute Gasteiger partial charge is 0.394 e. The molecule has 0 aliphatic carbocycles. The second kappa shape index (κ2) is 5.93. The smallest absolute Gasteiger partial charge is 0.238 e. The number of halogens is 1. The molecule has 0 radical (unpaired) electrons. The maximum Gasteiger partial charge on any atom is 0.238 e. The second-order valence-corrected chi connectivity index (χ2v) is 4.89. The van der Waals surface area contributed by atoms with Crippen molar-refractivity contribution >= 4 is 11.6 Å². The molecule has 1 aromatic rings. The van der Waals surface area contributed by atoms with Gasteiger partial charge in [-0.2, -0.15) is 0 Å². The number of hydrogen-bond acceptors (Lipinski definition) is 3. The molecule has 0 atom stereocenters. The molecular weight excluding hydrogens is 235 g/mol. The first-order chi connectivity index (χ1) is 8.35. The second-order valence-electron chi connectivity index (χ2n) is 4.89. The fraction of sp³-hybridized carbons (Fsp3) is 0.462. The highest BCUT2D eigenvalue weighted by Gasteiger charge is 2.24. The molecule has 1 amide bonds. The van der Waals surface area contributed by atoms with Crippen LogP contribution in [0.4, 0.5) is 10.1 Å². The Bertz CT molecular complexity index is 421. The van der Waals surface area contributed by atoms with Crippen molar-refractivity contribution in [3.63, 3.8) is 0 Å². The van der Waals surface area contributed by atoms with E-state index in [0.717, 1.165) is 0 Å². The lowest BCUT2D eigenvalue weighted by Gasteiger charge is -2.33. The van der Waals surface area contributed by atoms with E-state index < -0.39 is 11.4 Å². The molecule has 1 rings (SSSR count). The molecule has 4 nitrogen and oxygen atoms in total. The van der Waals surface area contributed by atoms with Gasteiger partial charge >= 0.3 is 0 Å². The van der Waals surface area contributed by atoms with E-state index in [1.807, 2.05) is 13.8 Å². The van der Waals surface area contributed by atoms with E-state index in [4.69, 9.17) is 0 Å². The molecule has 0 heterocycles. The summed E-state index contributed by atoms with van der Waals surface area (Å²) in [6, 6.07) is 5.73. The number of likely N-dealkylation sites (N-methyl/N-ethyl adjacent to an activating group) is 1. The summed E-state index contributed by atoms with van der Waals surface area (Å²) in [7, 11) is 1.75. The Morgan fingerprint density at radius 2 is 2.17 bits per heavy atom. The van der Waals surface area contributed by atoms with Gasteiger partial charge in [-0.25, -0.2) is 4.39 Å². The summed E-state index contributed by atoms with van der Waals surface area (Å²) in [6.45, 7) is 3.76. The SMILES string of the molecule is CN(CC(=O)Nc1cccc(F)c1)C(C)(C)CO. The van der Waals surface area contributed by atoms with Crippen molar-refractivity contribution in [2.75, 3.05) is 25.5 Å². The van der Waals surface area contributed by atoms with Crippen LogP contribution in [-0.4, -0.2) is 41.7 Å². The van der Waals surface area contributed by atoms with Gasteiger partial charge in [-0.15, -0.1) is 0 Å². The van der Waals surface area contributed by atoms with Crippen molar-refractivity contribution < 1.29 is 14.3 Å². The van der Waals surface area contributed by atoms with Crippen LogP contribution in [0.15, 0.2) is 24.3 Å². The summed E-state index contributed by atoms with van der Waals surface area (Å²) in [5, 5.41) is 11.8. The number of benzene rings is 1. The molecule has 0 unspecified atom stereocenters. The molecule has 0 bridgehead atoms. The summed E-state index contributed by atoms with van der Waals surface area (Å²) in [5.41, 5.74) is -0.0468. The Morgan fingerprint density at radius 1 is 1.50 bits per heavy atom. The van der Waals surface area contributed by atoms with Gasteiger partial charge in [0.2, 0.25) is 5.91 Å². The zero-order valence-electron chi connectivity index (χ0n) is 10.9. The highest BCUT2D eigenvalue weighted by molar-refractivity contribution is 5.92. The lowest BCUT2D eigenvalue weighted by molar-refractivity contribution is -0.118. The minimum absolute atomic E-state index is 0.0449. The maximum atomic E-state index is 12.9. The van der Waals surface area contributed by atoms with Crippen LogP contribution in [0.25, 0.3) is 0 Å². The van der Waals surface area contributed by atoms with Gasteiger partial charge in [-0.05, 0) is 39.1 Å². The topological polar surface area (TPSA) is 52.6 Å². The van der Waals surface area contributed by atoms with Crippen LogP contribution < -0.4 is 5.32 Å². The number of amides is 1. The fourth-order valence-electron chi connectivity index (χ4n) is 1.32. The monoisotopic (exact) mass is 254 g/mol. The number of carbonyl (C=O) groups is 1. The van der Waals surface area contributed by atoms with Gasteiger partial charge in [0.05, 0.1) is 13.2 Å². The van der Waals surface area contributed by atoms with Gasteiger partial charge in [0.1, 0.15) is 5.82 Å². The molecule has 2 N–H and O–H groups in total. The molecule has 0 fully saturated rings. The molecule has 0 aliphatic rings. The van der Waals surface area contributed by atoms with E-state index >= 15 is 0 Å². The number of nitrogens with zero attached hydrogens (tertiary/aromatic N) is 1. The molecule has 18 heavy (non-hydrogen) atoms. The van der Waals surface area contributed by atoms with E-state index in [2.05, 4.69) is 5.32 Å². The van der Waals surface area contributed by atoms with Crippen LogP contribution in [0.1, 0.15) is 13.8 Å². The number of rotatable bonds is 5. The van der Waals surface area contributed by atoms with Crippen molar-refractivity contribution in [1.29, 1.82) is 0 Å². The van der Waals surface area contributed by atoms with Gasteiger partial charge < -0.3 is 10.4 Å². The predicted octanol–water partition coefficient (Wildman–Crippen LogP) is 1.47. The Labute approximate surface area is 106 Å². The molecule has 0 aromatic heterocycles. The van der Waals surface area contributed by atoms with Crippen molar-refractivity contribution in [2.24, 2.45) is 0 Å². The summed E-state index contributed by atoms with van der Waals surface area (Å²) in [5.74, 6) is -0.638. The Hall–Kier alpha value is -1.46. The van der Waals surface area contributed by atoms with Crippen molar-refractivity contribution in [1.82, 2.24) is 4.90 Å². The van der Waals surface area contributed by atoms with Crippen molar-refractivity contribution in [3.8, 4) is 0 Å². The zero-order chi connectivity index (χ0) is 13.8. The first kappa shape index (κ1) is 14.6. The number of hydrogen-bond donors (Lipinski definition) is 2. The number of nitrogens with one attached hydrogen (secondary N) is 1. The van der Waals surface area contributed by atoms with Crippen LogP contribution in [0.3, 0.4) is 0 Å². The number of anilines is 1. The molecule has 0 saturated heterocycles. The Morgan fingerprint density at radius 3 is 2.72 bits per heavy atom. The van der Waals surface area contributed by atoms with E-state index in [1.165, 1.54) is 18.2 Å². The van der Waals surface area contributed by atoms with Crippen LogP contribution >= 0.6 is 0 Å². The highest BCUT2D eigenvalue weighted by Crippen LogP contribution is 2.12. The highest BCUT2D eigenvalue weighted by atomic mass is 19.1. The van der Waals surface area contributed by atoms with Crippen molar-refractivity contribution in [3.05, 3.63) is 30.1 Å². The van der Waals surface area contributed by atoms with Crippen LogP contribution in [-0.2, 0) is 4.79 Å². The molecule has 5 heteroatoms. The Balaban J connectivity index is 2.57. The fourth-order valence-corrected chi connectivity index (χ4v) is 1.32. The van der Waals surface area contributed by atoms with Crippen LogP contribution in [0.5, 0.6) is 0 Å². The molecule has 0 saturated carbocycles. The van der Waals surface area contributed by atoms with E-state index in [9.17, 15) is 14.3 Å².